The summed E-state index contributed by atoms with van der Waals surface area (Å²) in [6.07, 6.45) is 3.32. The number of nitrogens with zero attached hydrogens (tertiary/aromatic N) is 9. The van der Waals surface area contributed by atoms with Gasteiger partial charge in [-0.15, -0.1) is 10.2 Å². The molecule has 1 aliphatic rings. The zero-order chi connectivity index (χ0) is 25.8. The smallest absolute Gasteiger partial charge is 0.176 e. The van der Waals surface area contributed by atoms with Crippen LogP contribution in [0.2, 0.25) is 0 Å². The summed E-state index contributed by atoms with van der Waals surface area (Å²) in [5, 5.41) is 28.6. The van der Waals surface area contributed by atoms with Crippen LogP contribution in [-0.2, 0) is 18.6 Å². The van der Waals surface area contributed by atoms with E-state index in [1.54, 1.807) is 6.92 Å². The zero-order valence-corrected chi connectivity index (χ0v) is 20.5. The molecule has 0 bridgehead atoms. The molecule has 4 aromatic rings. The number of benzene rings is 2. The summed E-state index contributed by atoms with van der Waals surface area (Å²) in [5.41, 5.74) is -0.708. The zero-order valence-electron chi connectivity index (χ0n) is 20.5. The van der Waals surface area contributed by atoms with Gasteiger partial charge in [0, 0.05) is 56.5 Å². The fourth-order valence-corrected chi connectivity index (χ4v) is 4.68. The Labute approximate surface area is 213 Å². The second-order valence-corrected chi connectivity index (χ2v) is 9.26. The Hall–Kier alpha value is -3.77. The van der Waals surface area contributed by atoms with E-state index < -0.39 is 23.3 Å². The number of hydrogen-bond donors (Lipinski definition) is 1. The molecule has 2 atom stereocenters. The second kappa shape index (κ2) is 10.7. The number of aromatic nitrogens is 7. The molecule has 2 aromatic heterocycles. The number of anilines is 1. The third kappa shape index (κ3) is 5.49. The van der Waals surface area contributed by atoms with Crippen LogP contribution >= 0.6 is 0 Å². The fraction of sp³-hybridized carbons (Fsp3) is 0.400. The molecule has 3 heterocycles. The number of piperazine rings is 1. The lowest BCUT2D eigenvalue weighted by molar-refractivity contribution is -0.0418. The SMILES string of the molecule is CC(n1nnc(CCN2CCN(c3ccccc3)CC2)n1)C(O)(Cn1cncn1)c1ccc(F)cc1F. The van der Waals surface area contributed by atoms with Gasteiger partial charge in [0.25, 0.3) is 0 Å². The number of hydrogen-bond acceptors (Lipinski definition) is 8. The van der Waals surface area contributed by atoms with Crippen molar-refractivity contribution >= 4 is 5.69 Å². The van der Waals surface area contributed by atoms with Crippen LogP contribution in [0.25, 0.3) is 0 Å². The summed E-state index contributed by atoms with van der Waals surface area (Å²) in [6, 6.07) is 12.6. The summed E-state index contributed by atoms with van der Waals surface area (Å²) in [4.78, 5) is 9.90. The van der Waals surface area contributed by atoms with Crippen molar-refractivity contribution in [1.29, 1.82) is 0 Å². The van der Waals surface area contributed by atoms with Crippen LogP contribution < -0.4 is 4.90 Å². The summed E-state index contributed by atoms with van der Waals surface area (Å²) in [6.45, 7) is 6.05. The van der Waals surface area contributed by atoms with E-state index in [0.29, 0.717) is 12.2 Å². The van der Waals surface area contributed by atoms with Crippen LogP contribution in [0.3, 0.4) is 0 Å². The summed E-state index contributed by atoms with van der Waals surface area (Å²) in [5.74, 6) is -1.08. The molecule has 0 amide bonds. The van der Waals surface area contributed by atoms with E-state index in [1.807, 2.05) is 6.07 Å². The van der Waals surface area contributed by atoms with Gasteiger partial charge in [0.2, 0.25) is 0 Å². The van der Waals surface area contributed by atoms with Crippen molar-refractivity contribution in [2.45, 2.75) is 31.5 Å². The van der Waals surface area contributed by atoms with Crippen molar-refractivity contribution in [3.05, 3.63) is 84.2 Å². The first-order valence-electron chi connectivity index (χ1n) is 12.2. The van der Waals surface area contributed by atoms with Crippen molar-refractivity contribution < 1.29 is 13.9 Å². The molecule has 194 valence electrons. The molecule has 1 saturated heterocycles. The van der Waals surface area contributed by atoms with Crippen molar-refractivity contribution in [3.63, 3.8) is 0 Å². The van der Waals surface area contributed by atoms with E-state index in [2.05, 4.69) is 59.6 Å². The molecule has 1 aliphatic heterocycles. The Morgan fingerprint density at radius 3 is 2.54 bits per heavy atom. The lowest BCUT2D eigenvalue weighted by atomic mass is 9.86. The molecule has 0 radical (unpaired) electrons. The molecule has 1 fully saturated rings. The molecule has 0 saturated carbocycles. The molecule has 1 N–H and O–H groups in total. The van der Waals surface area contributed by atoms with E-state index in [-0.39, 0.29) is 12.1 Å². The van der Waals surface area contributed by atoms with Gasteiger partial charge in [-0.3, -0.25) is 4.90 Å². The Morgan fingerprint density at radius 2 is 1.84 bits per heavy atom. The van der Waals surface area contributed by atoms with E-state index in [0.717, 1.165) is 44.9 Å². The third-order valence-corrected chi connectivity index (χ3v) is 6.92. The minimum Gasteiger partial charge on any atom is -0.381 e. The molecule has 37 heavy (non-hydrogen) atoms. The average Bonchev–Trinajstić information content (AvgIpc) is 3.60. The molecule has 2 unspecified atom stereocenters. The fourth-order valence-electron chi connectivity index (χ4n) is 4.68. The number of halogens is 2. The molecule has 10 nitrogen and oxygen atoms in total. The first-order chi connectivity index (χ1) is 17.9. The highest BCUT2D eigenvalue weighted by molar-refractivity contribution is 5.46. The van der Waals surface area contributed by atoms with Gasteiger partial charge in [-0.05, 0) is 30.3 Å². The predicted molar refractivity (Wildman–Crippen MR) is 132 cm³/mol. The van der Waals surface area contributed by atoms with Gasteiger partial charge in [0.05, 0.1) is 6.54 Å². The van der Waals surface area contributed by atoms with Gasteiger partial charge >= 0.3 is 0 Å². The number of para-hydroxylation sites is 1. The Bertz CT molecular complexity index is 1290. The topological polar surface area (TPSA) is 101 Å². The maximum atomic E-state index is 14.8. The van der Waals surface area contributed by atoms with Crippen molar-refractivity contribution in [2.24, 2.45) is 0 Å². The number of aliphatic hydroxyl groups is 1. The van der Waals surface area contributed by atoms with E-state index in [4.69, 9.17) is 0 Å². The van der Waals surface area contributed by atoms with E-state index >= 15 is 0 Å². The number of tetrazole rings is 1. The highest BCUT2D eigenvalue weighted by atomic mass is 19.1. The minimum atomic E-state index is -1.85. The van der Waals surface area contributed by atoms with Crippen LogP contribution in [-0.4, -0.2) is 77.7 Å². The number of rotatable bonds is 9. The Kier molecular flexibility index (Phi) is 7.19. The first-order valence-corrected chi connectivity index (χ1v) is 12.2. The van der Waals surface area contributed by atoms with Crippen LogP contribution in [0.4, 0.5) is 14.5 Å². The van der Waals surface area contributed by atoms with Crippen LogP contribution in [0.5, 0.6) is 0 Å². The molecule has 0 aliphatic carbocycles. The highest BCUT2D eigenvalue weighted by Crippen LogP contribution is 2.36. The quantitative estimate of drug-likeness (QED) is 0.366. The van der Waals surface area contributed by atoms with E-state index in [9.17, 15) is 13.9 Å². The van der Waals surface area contributed by atoms with Gasteiger partial charge in [0.1, 0.15) is 35.9 Å². The summed E-state index contributed by atoms with van der Waals surface area (Å²) in [7, 11) is 0. The van der Waals surface area contributed by atoms with Crippen molar-refractivity contribution in [1.82, 2.24) is 39.9 Å². The monoisotopic (exact) mass is 509 g/mol. The summed E-state index contributed by atoms with van der Waals surface area (Å²) < 4.78 is 29.8. The lowest BCUT2D eigenvalue weighted by Gasteiger charge is -2.36. The van der Waals surface area contributed by atoms with Gasteiger partial charge in [-0.1, -0.05) is 24.3 Å². The normalized spacial score (nSPS) is 17.0. The average molecular weight is 510 g/mol. The van der Waals surface area contributed by atoms with Crippen LogP contribution in [0.15, 0.2) is 61.2 Å². The summed E-state index contributed by atoms with van der Waals surface area (Å²) >= 11 is 0. The Morgan fingerprint density at radius 1 is 1.05 bits per heavy atom. The van der Waals surface area contributed by atoms with Crippen LogP contribution in [0, 0.1) is 11.6 Å². The predicted octanol–water partition coefficient (Wildman–Crippen LogP) is 2.06. The molecule has 0 spiro atoms. The minimum absolute atomic E-state index is 0.0907. The van der Waals surface area contributed by atoms with Gasteiger partial charge in [0.15, 0.2) is 5.82 Å². The highest BCUT2D eigenvalue weighted by Gasteiger charge is 2.41. The molecule has 5 rings (SSSR count). The first kappa shape index (κ1) is 24.9. The van der Waals surface area contributed by atoms with Crippen molar-refractivity contribution in [3.8, 4) is 0 Å². The second-order valence-electron chi connectivity index (χ2n) is 9.26. The maximum Gasteiger partial charge on any atom is 0.176 e. The van der Waals surface area contributed by atoms with Gasteiger partial charge in [-0.2, -0.15) is 9.90 Å². The molecule has 2 aromatic carbocycles. The Balaban J connectivity index is 1.26. The molecular formula is C25H29F2N9O. The largest absolute Gasteiger partial charge is 0.381 e. The van der Waals surface area contributed by atoms with Gasteiger partial charge in [-0.25, -0.2) is 18.4 Å². The standard InChI is InChI=1S/C25H29F2N9O/c1-19(25(37,16-35-18-28-17-29-35)22-8-7-20(26)15-23(22)27)36-31-24(30-32-36)9-10-33-11-13-34(14-12-33)21-5-3-2-4-6-21/h2-8,15,17-19,37H,9-14,16H2,1H3. The van der Waals surface area contributed by atoms with Gasteiger partial charge < -0.3 is 10.0 Å². The van der Waals surface area contributed by atoms with Crippen molar-refractivity contribution in [2.75, 3.05) is 37.6 Å². The van der Waals surface area contributed by atoms with E-state index in [1.165, 1.54) is 33.9 Å². The van der Waals surface area contributed by atoms with Crippen LogP contribution in [0.1, 0.15) is 24.4 Å². The maximum absolute atomic E-state index is 14.8. The molecule has 12 heteroatoms. The lowest BCUT2D eigenvalue weighted by Crippen LogP contribution is -2.47. The third-order valence-electron chi connectivity index (χ3n) is 6.92. The molecular weight excluding hydrogens is 480 g/mol.